The second kappa shape index (κ2) is 11.3. The standard InChI is InChI=1S/C30H43N3O6S/c1-29(2,3)22-17-19(12-13-24(22)40(37,38)33-30(4,5)6)25-23(14-18-10-8-7-9-11-18)32-27(39-25)26(34)31-21-15-20(16-21)28(35)36/h12-13,17-18,20-21,33H,7-11,14-16H2,1-6H3,(H,31,34)(H,35,36)/t20-,21-. The van der Waals surface area contributed by atoms with Crippen molar-refractivity contribution in [3.8, 4) is 11.3 Å². The fourth-order valence-corrected chi connectivity index (χ4v) is 7.43. The number of amides is 1. The van der Waals surface area contributed by atoms with E-state index in [0.717, 1.165) is 12.8 Å². The molecular formula is C30H43N3O6S. The van der Waals surface area contributed by atoms with Crippen molar-refractivity contribution in [3.63, 3.8) is 0 Å². The number of benzene rings is 1. The summed E-state index contributed by atoms with van der Waals surface area (Å²) < 4.78 is 35.6. The van der Waals surface area contributed by atoms with Crippen LogP contribution >= 0.6 is 0 Å². The summed E-state index contributed by atoms with van der Waals surface area (Å²) in [7, 11) is -3.79. The molecular weight excluding hydrogens is 530 g/mol. The highest BCUT2D eigenvalue weighted by Crippen LogP contribution is 2.37. The molecule has 0 saturated heterocycles. The number of rotatable bonds is 8. The Labute approximate surface area is 237 Å². The number of carbonyl (C=O) groups is 2. The first-order valence-electron chi connectivity index (χ1n) is 14.3. The molecule has 2 aliphatic carbocycles. The van der Waals surface area contributed by atoms with Crippen LogP contribution in [0.4, 0.5) is 0 Å². The number of hydrogen-bond acceptors (Lipinski definition) is 6. The highest BCUT2D eigenvalue weighted by molar-refractivity contribution is 7.89. The molecule has 2 fully saturated rings. The van der Waals surface area contributed by atoms with E-state index in [9.17, 15) is 18.0 Å². The van der Waals surface area contributed by atoms with Crippen molar-refractivity contribution in [1.29, 1.82) is 0 Å². The van der Waals surface area contributed by atoms with Gasteiger partial charge in [-0.1, -0.05) is 52.9 Å². The fraction of sp³-hybridized carbons (Fsp3) is 0.633. The Bertz CT molecular complexity index is 1350. The molecule has 2 aromatic rings. The number of aliphatic carboxylic acids is 1. The SMILES string of the molecule is CC(C)(C)NS(=O)(=O)c1ccc(-c2oc(C(=O)N[C@H]3C[C@H](C(=O)O)C3)nc2CC2CCCCC2)cc1C(C)(C)C. The number of oxazole rings is 1. The summed E-state index contributed by atoms with van der Waals surface area (Å²) in [4.78, 5) is 29.0. The van der Waals surface area contributed by atoms with E-state index in [-0.39, 0.29) is 16.8 Å². The molecule has 4 rings (SSSR count). The average Bonchev–Trinajstić information content (AvgIpc) is 3.22. The van der Waals surface area contributed by atoms with E-state index in [4.69, 9.17) is 9.52 Å². The third-order valence-corrected chi connectivity index (χ3v) is 9.52. The lowest BCUT2D eigenvalue weighted by atomic mass is 9.80. The molecule has 2 aliphatic rings. The Morgan fingerprint density at radius 2 is 1.70 bits per heavy atom. The van der Waals surface area contributed by atoms with Gasteiger partial charge in [-0.05, 0) is 75.1 Å². The molecule has 0 unspecified atom stereocenters. The first-order valence-corrected chi connectivity index (χ1v) is 15.7. The van der Waals surface area contributed by atoms with E-state index in [1.807, 2.05) is 26.8 Å². The van der Waals surface area contributed by atoms with Gasteiger partial charge >= 0.3 is 11.9 Å². The molecule has 0 spiro atoms. The van der Waals surface area contributed by atoms with Crippen LogP contribution in [0.1, 0.15) is 108 Å². The van der Waals surface area contributed by atoms with Crippen LogP contribution in [0, 0.1) is 11.8 Å². The van der Waals surface area contributed by atoms with Gasteiger partial charge in [0.15, 0.2) is 5.76 Å². The van der Waals surface area contributed by atoms with Crippen LogP contribution in [0.25, 0.3) is 11.3 Å². The molecule has 0 bridgehead atoms. The van der Waals surface area contributed by atoms with Gasteiger partial charge in [0, 0.05) is 17.1 Å². The number of sulfonamides is 1. The highest BCUT2D eigenvalue weighted by Gasteiger charge is 2.37. The molecule has 2 saturated carbocycles. The van der Waals surface area contributed by atoms with Crippen molar-refractivity contribution in [2.75, 3.05) is 0 Å². The fourth-order valence-electron chi connectivity index (χ4n) is 5.61. The lowest BCUT2D eigenvalue weighted by molar-refractivity contribution is -0.145. The number of hydrogen-bond donors (Lipinski definition) is 3. The van der Waals surface area contributed by atoms with Gasteiger partial charge in [-0.25, -0.2) is 18.1 Å². The normalized spacial score (nSPS) is 20.6. The molecule has 220 valence electrons. The summed E-state index contributed by atoms with van der Waals surface area (Å²) in [6, 6.07) is 4.95. The summed E-state index contributed by atoms with van der Waals surface area (Å²) in [5.41, 5.74) is 0.871. The van der Waals surface area contributed by atoms with Crippen LogP contribution < -0.4 is 10.0 Å². The summed E-state index contributed by atoms with van der Waals surface area (Å²) in [6.45, 7) is 11.3. The van der Waals surface area contributed by atoms with Crippen LogP contribution in [-0.2, 0) is 26.7 Å². The number of carbonyl (C=O) groups excluding carboxylic acids is 1. The topological polar surface area (TPSA) is 139 Å². The van der Waals surface area contributed by atoms with Gasteiger partial charge in [0.2, 0.25) is 10.0 Å². The van der Waals surface area contributed by atoms with E-state index < -0.39 is 38.8 Å². The quantitative estimate of drug-likeness (QED) is 0.383. The van der Waals surface area contributed by atoms with Crippen molar-refractivity contribution in [3.05, 3.63) is 35.3 Å². The van der Waals surface area contributed by atoms with Crippen LogP contribution in [0.2, 0.25) is 0 Å². The summed E-state index contributed by atoms with van der Waals surface area (Å²) in [5.74, 6) is -0.889. The first kappa shape index (κ1) is 30.2. The van der Waals surface area contributed by atoms with Gasteiger partial charge < -0.3 is 14.8 Å². The molecule has 0 aliphatic heterocycles. The van der Waals surface area contributed by atoms with Gasteiger partial charge in [0.1, 0.15) is 0 Å². The van der Waals surface area contributed by atoms with E-state index in [1.165, 1.54) is 19.3 Å². The minimum Gasteiger partial charge on any atom is -0.481 e. The zero-order chi connectivity index (χ0) is 29.5. The predicted octanol–water partition coefficient (Wildman–Crippen LogP) is 5.43. The number of nitrogens with one attached hydrogen (secondary N) is 2. The van der Waals surface area contributed by atoms with Gasteiger partial charge in [-0.3, -0.25) is 9.59 Å². The lowest BCUT2D eigenvalue weighted by Gasteiger charge is -2.32. The van der Waals surface area contributed by atoms with E-state index in [2.05, 4.69) is 15.0 Å². The van der Waals surface area contributed by atoms with Crippen molar-refractivity contribution in [2.45, 2.75) is 115 Å². The zero-order valence-corrected chi connectivity index (χ0v) is 25.3. The molecule has 1 heterocycles. The third-order valence-electron chi connectivity index (χ3n) is 7.70. The molecule has 10 heteroatoms. The monoisotopic (exact) mass is 573 g/mol. The maximum atomic E-state index is 13.4. The molecule has 40 heavy (non-hydrogen) atoms. The predicted molar refractivity (Wildman–Crippen MR) is 153 cm³/mol. The Kier molecular flexibility index (Phi) is 8.53. The van der Waals surface area contributed by atoms with E-state index in [0.29, 0.717) is 47.8 Å². The number of carboxylic acid groups (broad SMARTS) is 1. The number of carboxylic acids is 1. The van der Waals surface area contributed by atoms with Gasteiger partial charge in [-0.2, -0.15) is 0 Å². The molecule has 3 N–H and O–H groups in total. The van der Waals surface area contributed by atoms with Crippen molar-refractivity contribution in [1.82, 2.24) is 15.0 Å². The molecule has 0 atom stereocenters. The van der Waals surface area contributed by atoms with Crippen LogP contribution in [0.3, 0.4) is 0 Å². The maximum Gasteiger partial charge on any atom is 0.307 e. The summed E-state index contributed by atoms with van der Waals surface area (Å²) >= 11 is 0. The minimum absolute atomic E-state index is 0.0528. The second-order valence-electron chi connectivity index (χ2n) is 13.5. The molecule has 9 nitrogen and oxygen atoms in total. The van der Waals surface area contributed by atoms with Crippen molar-refractivity contribution >= 4 is 21.9 Å². The number of nitrogens with zero attached hydrogens (tertiary/aromatic N) is 1. The van der Waals surface area contributed by atoms with Crippen molar-refractivity contribution in [2.24, 2.45) is 11.8 Å². The summed E-state index contributed by atoms with van der Waals surface area (Å²) in [6.07, 6.45) is 7.19. The Balaban J connectivity index is 1.71. The van der Waals surface area contributed by atoms with Crippen LogP contribution in [0.5, 0.6) is 0 Å². The second-order valence-corrected chi connectivity index (χ2v) is 15.1. The molecule has 1 aromatic heterocycles. The highest BCUT2D eigenvalue weighted by atomic mass is 32.2. The molecule has 1 amide bonds. The third kappa shape index (κ3) is 7.13. The molecule has 1 aromatic carbocycles. The average molecular weight is 574 g/mol. The summed E-state index contributed by atoms with van der Waals surface area (Å²) in [5, 5.41) is 12.0. The first-order chi connectivity index (χ1) is 18.5. The maximum absolute atomic E-state index is 13.4. The van der Waals surface area contributed by atoms with Gasteiger partial charge in [0.05, 0.1) is 16.5 Å². The largest absolute Gasteiger partial charge is 0.481 e. The Hall–Kier alpha value is -2.72. The van der Waals surface area contributed by atoms with E-state index >= 15 is 0 Å². The number of aromatic nitrogens is 1. The van der Waals surface area contributed by atoms with Gasteiger partial charge in [0.25, 0.3) is 5.89 Å². The van der Waals surface area contributed by atoms with Gasteiger partial charge in [-0.15, -0.1) is 0 Å². The minimum atomic E-state index is -3.79. The van der Waals surface area contributed by atoms with E-state index in [1.54, 1.807) is 32.9 Å². The van der Waals surface area contributed by atoms with Crippen LogP contribution in [-0.4, -0.2) is 42.0 Å². The smallest absolute Gasteiger partial charge is 0.307 e. The zero-order valence-electron chi connectivity index (χ0n) is 24.5. The van der Waals surface area contributed by atoms with Crippen LogP contribution in [0.15, 0.2) is 27.5 Å². The van der Waals surface area contributed by atoms with Crippen molar-refractivity contribution < 1.29 is 27.5 Å². The molecule has 0 radical (unpaired) electrons. The Morgan fingerprint density at radius 3 is 2.27 bits per heavy atom. The Morgan fingerprint density at radius 1 is 1.05 bits per heavy atom. The lowest BCUT2D eigenvalue weighted by Crippen LogP contribution is -2.46.